The zero-order valence-corrected chi connectivity index (χ0v) is 15.1. The van der Waals surface area contributed by atoms with Crippen LogP contribution in [-0.4, -0.2) is 80.0 Å². The summed E-state index contributed by atoms with van der Waals surface area (Å²) in [5.74, 6) is 0.652. The Balaban J connectivity index is 1.60. The summed E-state index contributed by atoms with van der Waals surface area (Å²) in [6.45, 7) is 15.1. The molecule has 0 spiro atoms. The molecule has 134 valence electrons. The van der Waals surface area contributed by atoms with Gasteiger partial charge in [0.25, 0.3) is 0 Å². The lowest BCUT2D eigenvalue weighted by Crippen LogP contribution is -2.51. The van der Waals surface area contributed by atoms with E-state index in [0.717, 1.165) is 52.5 Å². The standard InChI is InChI=1S/C17H33N3O3/c1-14(15-5-12-22-13-15)18-6-7-19-8-10-20(11-9-19)16(21)23-17(2,3)4/h14-15,18H,5-13H2,1-4H3. The third kappa shape index (κ3) is 6.28. The maximum Gasteiger partial charge on any atom is 0.410 e. The summed E-state index contributed by atoms with van der Waals surface area (Å²) >= 11 is 0. The summed E-state index contributed by atoms with van der Waals surface area (Å²) in [6, 6.07) is 0.514. The molecule has 2 rings (SSSR count). The van der Waals surface area contributed by atoms with Gasteiger partial charge in [-0.25, -0.2) is 4.79 Å². The van der Waals surface area contributed by atoms with Crippen LogP contribution in [0.4, 0.5) is 4.79 Å². The van der Waals surface area contributed by atoms with Crippen molar-refractivity contribution in [3.63, 3.8) is 0 Å². The molecule has 0 aromatic carbocycles. The molecular formula is C17H33N3O3. The fraction of sp³-hybridized carbons (Fsp3) is 0.941. The first-order valence-electron chi connectivity index (χ1n) is 8.86. The topological polar surface area (TPSA) is 54.0 Å². The van der Waals surface area contributed by atoms with Crippen molar-refractivity contribution in [2.75, 3.05) is 52.5 Å². The summed E-state index contributed by atoms with van der Waals surface area (Å²) in [7, 11) is 0. The van der Waals surface area contributed by atoms with E-state index in [2.05, 4.69) is 17.1 Å². The highest BCUT2D eigenvalue weighted by molar-refractivity contribution is 5.68. The van der Waals surface area contributed by atoms with E-state index in [1.165, 1.54) is 6.42 Å². The summed E-state index contributed by atoms with van der Waals surface area (Å²) < 4.78 is 10.9. The lowest BCUT2D eigenvalue weighted by molar-refractivity contribution is 0.0146. The Hall–Kier alpha value is -0.850. The molecule has 2 atom stereocenters. The Morgan fingerprint density at radius 3 is 2.57 bits per heavy atom. The first kappa shape index (κ1) is 18.5. The van der Waals surface area contributed by atoms with E-state index in [0.29, 0.717) is 12.0 Å². The zero-order chi connectivity index (χ0) is 16.9. The van der Waals surface area contributed by atoms with Crippen LogP contribution in [0, 0.1) is 5.92 Å². The van der Waals surface area contributed by atoms with Gasteiger partial charge < -0.3 is 19.7 Å². The Labute approximate surface area is 140 Å². The second kappa shape index (κ2) is 8.31. The molecule has 2 fully saturated rings. The number of nitrogens with zero attached hydrogens (tertiary/aromatic N) is 2. The lowest BCUT2D eigenvalue weighted by Gasteiger charge is -2.35. The van der Waals surface area contributed by atoms with Crippen molar-refractivity contribution in [2.45, 2.75) is 45.8 Å². The molecule has 2 aliphatic heterocycles. The normalized spacial score (nSPS) is 24.7. The highest BCUT2D eigenvalue weighted by atomic mass is 16.6. The van der Waals surface area contributed by atoms with Gasteiger partial charge in [-0.3, -0.25) is 4.90 Å². The van der Waals surface area contributed by atoms with Crippen molar-refractivity contribution in [3.05, 3.63) is 0 Å². The van der Waals surface area contributed by atoms with Gasteiger partial charge in [0.05, 0.1) is 6.61 Å². The van der Waals surface area contributed by atoms with E-state index in [9.17, 15) is 4.79 Å². The van der Waals surface area contributed by atoms with Crippen molar-refractivity contribution in [1.82, 2.24) is 15.1 Å². The molecule has 1 N–H and O–H groups in total. The van der Waals surface area contributed by atoms with Crippen molar-refractivity contribution in [2.24, 2.45) is 5.92 Å². The van der Waals surface area contributed by atoms with Crippen molar-refractivity contribution < 1.29 is 14.3 Å². The number of hydrogen-bond acceptors (Lipinski definition) is 5. The molecule has 0 aliphatic carbocycles. The summed E-state index contributed by atoms with van der Waals surface area (Å²) in [5.41, 5.74) is -0.418. The Morgan fingerprint density at radius 2 is 2.00 bits per heavy atom. The molecule has 0 radical (unpaired) electrons. The third-order valence-electron chi connectivity index (χ3n) is 4.59. The van der Waals surface area contributed by atoms with E-state index in [1.54, 1.807) is 0 Å². The molecule has 2 heterocycles. The monoisotopic (exact) mass is 327 g/mol. The average Bonchev–Trinajstić information content (AvgIpc) is 3.00. The van der Waals surface area contributed by atoms with Crippen LogP contribution in [0.3, 0.4) is 0 Å². The van der Waals surface area contributed by atoms with Gasteiger partial charge in [0.2, 0.25) is 0 Å². The Kier molecular flexibility index (Phi) is 6.68. The van der Waals surface area contributed by atoms with Crippen LogP contribution in [0.1, 0.15) is 34.1 Å². The molecule has 0 saturated carbocycles. The Bertz CT molecular complexity index is 370. The zero-order valence-electron chi connectivity index (χ0n) is 15.1. The number of hydrogen-bond donors (Lipinski definition) is 1. The van der Waals surface area contributed by atoms with Crippen LogP contribution in [0.25, 0.3) is 0 Å². The molecule has 0 aromatic heterocycles. The quantitative estimate of drug-likeness (QED) is 0.830. The number of carbonyl (C=O) groups is 1. The first-order valence-corrected chi connectivity index (χ1v) is 8.86. The fourth-order valence-corrected chi connectivity index (χ4v) is 3.04. The molecule has 2 saturated heterocycles. The summed E-state index contributed by atoms with van der Waals surface area (Å²) in [4.78, 5) is 16.3. The second-order valence-electron chi connectivity index (χ2n) is 7.68. The number of piperazine rings is 1. The predicted molar refractivity (Wildman–Crippen MR) is 90.6 cm³/mol. The van der Waals surface area contributed by atoms with E-state index in [4.69, 9.17) is 9.47 Å². The molecule has 6 heteroatoms. The minimum atomic E-state index is -0.418. The minimum absolute atomic E-state index is 0.190. The van der Waals surface area contributed by atoms with Crippen LogP contribution in [0.15, 0.2) is 0 Å². The average molecular weight is 327 g/mol. The van der Waals surface area contributed by atoms with Crippen LogP contribution in [-0.2, 0) is 9.47 Å². The van der Waals surface area contributed by atoms with Gasteiger partial charge in [-0.05, 0) is 40.0 Å². The molecule has 23 heavy (non-hydrogen) atoms. The van der Waals surface area contributed by atoms with Gasteiger partial charge in [0.15, 0.2) is 0 Å². The number of ether oxygens (including phenoxy) is 2. The predicted octanol–water partition coefficient (Wildman–Crippen LogP) is 1.55. The van der Waals surface area contributed by atoms with Gasteiger partial charge in [-0.2, -0.15) is 0 Å². The summed E-state index contributed by atoms with van der Waals surface area (Å²) in [5, 5.41) is 3.61. The molecule has 0 aromatic rings. The number of nitrogens with one attached hydrogen (secondary N) is 1. The van der Waals surface area contributed by atoms with Crippen LogP contribution in [0.2, 0.25) is 0 Å². The van der Waals surface area contributed by atoms with Crippen molar-refractivity contribution in [3.8, 4) is 0 Å². The molecule has 2 aliphatic rings. The molecule has 2 unspecified atom stereocenters. The second-order valence-corrected chi connectivity index (χ2v) is 7.68. The van der Waals surface area contributed by atoms with E-state index < -0.39 is 5.60 Å². The van der Waals surface area contributed by atoms with Crippen molar-refractivity contribution >= 4 is 6.09 Å². The third-order valence-corrected chi connectivity index (χ3v) is 4.59. The minimum Gasteiger partial charge on any atom is -0.444 e. The molecule has 1 amide bonds. The first-order chi connectivity index (χ1) is 10.8. The van der Waals surface area contributed by atoms with E-state index in [-0.39, 0.29) is 6.09 Å². The number of rotatable bonds is 5. The van der Waals surface area contributed by atoms with Gasteiger partial charge >= 0.3 is 6.09 Å². The number of carbonyl (C=O) groups excluding carboxylic acids is 1. The largest absolute Gasteiger partial charge is 0.444 e. The maximum atomic E-state index is 12.0. The van der Waals surface area contributed by atoms with Crippen LogP contribution in [0.5, 0.6) is 0 Å². The number of amides is 1. The van der Waals surface area contributed by atoms with Crippen LogP contribution < -0.4 is 5.32 Å². The van der Waals surface area contributed by atoms with E-state index >= 15 is 0 Å². The Morgan fingerprint density at radius 1 is 1.30 bits per heavy atom. The highest BCUT2D eigenvalue weighted by Gasteiger charge is 2.26. The smallest absolute Gasteiger partial charge is 0.410 e. The molecular weight excluding hydrogens is 294 g/mol. The summed E-state index contributed by atoms with van der Waals surface area (Å²) in [6.07, 6.45) is 0.980. The van der Waals surface area contributed by atoms with Gasteiger partial charge in [0.1, 0.15) is 5.60 Å². The fourth-order valence-electron chi connectivity index (χ4n) is 3.04. The maximum absolute atomic E-state index is 12.0. The lowest BCUT2D eigenvalue weighted by atomic mass is 10.0. The van der Waals surface area contributed by atoms with Gasteiger partial charge in [-0.1, -0.05) is 0 Å². The van der Waals surface area contributed by atoms with Crippen molar-refractivity contribution in [1.29, 1.82) is 0 Å². The molecule has 6 nitrogen and oxygen atoms in total. The van der Waals surface area contributed by atoms with Crippen LogP contribution >= 0.6 is 0 Å². The van der Waals surface area contributed by atoms with Gasteiger partial charge in [-0.15, -0.1) is 0 Å². The highest BCUT2D eigenvalue weighted by Crippen LogP contribution is 2.16. The molecule has 0 bridgehead atoms. The van der Waals surface area contributed by atoms with E-state index in [1.807, 2.05) is 25.7 Å². The van der Waals surface area contributed by atoms with Gasteiger partial charge in [0, 0.05) is 51.9 Å². The SMILES string of the molecule is CC(NCCN1CCN(C(=O)OC(C)(C)C)CC1)C1CCOC1.